The Morgan fingerprint density at radius 3 is 3.07 bits per heavy atom. The first-order valence-corrected chi connectivity index (χ1v) is 10.4. The van der Waals surface area contributed by atoms with Crippen molar-refractivity contribution < 1.29 is 9.90 Å². The van der Waals surface area contributed by atoms with Crippen LogP contribution in [0.5, 0.6) is 0 Å². The molecule has 148 valence electrons. The molecule has 0 fully saturated rings. The molecule has 0 saturated heterocycles. The average Bonchev–Trinajstić information content (AvgIpc) is 2.72. The van der Waals surface area contributed by atoms with Gasteiger partial charge in [-0.25, -0.2) is 4.79 Å². The first-order chi connectivity index (χ1) is 14.1. The minimum Gasteiger partial charge on any atom is -0.478 e. The molecular weight excluding hydrogens is 380 g/mol. The number of hydrogen-bond donors (Lipinski definition) is 2. The summed E-state index contributed by atoms with van der Waals surface area (Å²) in [4.78, 5) is 17.7. The standard InChI is InChI=1S/C24H24N2O2S/c1-3-6-19(7-4-2)29-20-10-11-21-17(14-20)8-5-9-18(21)15-26-23-16-25-13-12-22(23)24(27)28/h1,4,6-7,10-14,16,18,26H,5,8-9,15H2,2H3,(H,27,28)/b7-4-,19-6+. The van der Waals surface area contributed by atoms with Gasteiger partial charge in [-0.1, -0.05) is 35.9 Å². The fourth-order valence-electron chi connectivity index (χ4n) is 3.62. The predicted octanol–water partition coefficient (Wildman–Crippen LogP) is 5.50. The number of terminal acetylenes is 1. The fourth-order valence-corrected chi connectivity index (χ4v) is 4.56. The van der Waals surface area contributed by atoms with Gasteiger partial charge in [-0.15, -0.1) is 6.42 Å². The van der Waals surface area contributed by atoms with E-state index in [1.165, 1.54) is 28.3 Å². The second-order valence-electron chi connectivity index (χ2n) is 6.87. The second-order valence-corrected chi connectivity index (χ2v) is 8.02. The summed E-state index contributed by atoms with van der Waals surface area (Å²) in [6, 6.07) is 8.12. The number of hydrogen-bond acceptors (Lipinski definition) is 4. The van der Waals surface area contributed by atoms with Crippen molar-refractivity contribution in [1.29, 1.82) is 0 Å². The lowest BCUT2D eigenvalue weighted by Gasteiger charge is -2.27. The zero-order valence-electron chi connectivity index (χ0n) is 16.4. The summed E-state index contributed by atoms with van der Waals surface area (Å²) in [5, 5.41) is 12.6. The number of aryl methyl sites for hydroxylation is 1. The first kappa shape index (κ1) is 20.8. The van der Waals surface area contributed by atoms with Crippen molar-refractivity contribution in [3.05, 3.63) is 76.5 Å². The zero-order valence-corrected chi connectivity index (χ0v) is 17.2. The molecule has 1 aromatic heterocycles. The van der Waals surface area contributed by atoms with E-state index in [9.17, 15) is 9.90 Å². The van der Waals surface area contributed by atoms with Crippen LogP contribution < -0.4 is 5.32 Å². The smallest absolute Gasteiger partial charge is 0.337 e. The van der Waals surface area contributed by atoms with Crippen LogP contribution in [-0.2, 0) is 6.42 Å². The molecule has 1 unspecified atom stereocenters. The molecule has 5 heteroatoms. The Kier molecular flexibility index (Phi) is 7.15. The number of rotatable bonds is 7. The van der Waals surface area contributed by atoms with Crippen LogP contribution in [0.1, 0.15) is 47.2 Å². The van der Waals surface area contributed by atoms with E-state index in [1.807, 2.05) is 19.1 Å². The van der Waals surface area contributed by atoms with Crippen molar-refractivity contribution in [2.75, 3.05) is 11.9 Å². The topological polar surface area (TPSA) is 62.2 Å². The fraction of sp³-hybridized carbons (Fsp3) is 0.250. The number of carbonyl (C=O) groups is 1. The third kappa shape index (κ3) is 5.30. The van der Waals surface area contributed by atoms with Gasteiger partial charge in [0.15, 0.2) is 0 Å². The van der Waals surface area contributed by atoms with Gasteiger partial charge in [0.2, 0.25) is 0 Å². The van der Waals surface area contributed by atoms with Gasteiger partial charge in [0.05, 0.1) is 17.4 Å². The zero-order chi connectivity index (χ0) is 20.6. The number of aromatic nitrogens is 1. The van der Waals surface area contributed by atoms with Crippen molar-refractivity contribution in [3.63, 3.8) is 0 Å². The molecule has 0 bridgehead atoms. The lowest BCUT2D eigenvalue weighted by molar-refractivity contribution is 0.0698. The molecule has 3 rings (SSSR count). The van der Waals surface area contributed by atoms with Crippen molar-refractivity contribution in [3.8, 4) is 12.3 Å². The summed E-state index contributed by atoms with van der Waals surface area (Å²) in [5.41, 5.74) is 3.51. The van der Waals surface area contributed by atoms with Crippen LogP contribution in [0.25, 0.3) is 0 Å². The van der Waals surface area contributed by atoms with Gasteiger partial charge in [-0.05, 0) is 55.5 Å². The number of aromatic carboxylic acids is 1. The van der Waals surface area contributed by atoms with Crippen LogP contribution >= 0.6 is 11.8 Å². The van der Waals surface area contributed by atoms with Crippen LogP contribution in [0.3, 0.4) is 0 Å². The van der Waals surface area contributed by atoms with Crippen molar-refractivity contribution >= 4 is 23.4 Å². The normalized spacial score (nSPS) is 16.3. The Hall–Kier alpha value is -2.97. The number of benzene rings is 1. The molecule has 0 amide bonds. The predicted molar refractivity (Wildman–Crippen MR) is 119 cm³/mol. The van der Waals surface area contributed by atoms with E-state index in [-0.39, 0.29) is 5.56 Å². The lowest BCUT2D eigenvalue weighted by atomic mass is 9.83. The Bertz CT molecular complexity index is 989. The minimum atomic E-state index is -0.947. The molecule has 0 spiro atoms. The summed E-state index contributed by atoms with van der Waals surface area (Å²) in [6.07, 6.45) is 17.6. The molecule has 0 radical (unpaired) electrons. The number of thioether (sulfide) groups is 1. The van der Waals surface area contributed by atoms with Gasteiger partial charge >= 0.3 is 5.97 Å². The number of anilines is 1. The Labute approximate surface area is 176 Å². The van der Waals surface area contributed by atoms with Crippen LogP contribution in [0.2, 0.25) is 0 Å². The first-order valence-electron chi connectivity index (χ1n) is 9.63. The van der Waals surface area contributed by atoms with Crippen LogP contribution in [0, 0.1) is 12.3 Å². The quantitative estimate of drug-likeness (QED) is 0.363. The van der Waals surface area contributed by atoms with Gasteiger partial charge in [0, 0.05) is 34.5 Å². The molecule has 1 aromatic carbocycles. The number of carboxylic acids is 1. The summed E-state index contributed by atoms with van der Waals surface area (Å²) in [7, 11) is 0. The summed E-state index contributed by atoms with van der Waals surface area (Å²) in [5.74, 6) is 1.99. The van der Waals surface area contributed by atoms with Crippen molar-refractivity contribution in [1.82, 2.24) is 4.98 Å². The number of carboxylic acid groups (broad SMARTS) is 1. The van der Waals surface area contributed by atoms with Gasteiger partial charge in [0.1, 0.15) is 0 Å². The van der Waals surface area contributed by atoms with Crippen LogP contribution in [0.4, 0.5) is 5.69 Å². The van der Waals surface area contributed by atoms with E-state index in [4.69, 9.17) is 6.42 Å². The van der Waals surface area contributed by atoms with Gasteiger partial charge in [-0.3, -0.25) is 4.98 Å². The Morgan fingerprint density at radius 2 is 2.31 bits per heavy atom. The molecule has 4 nitrogen and oxygen atoms in total. The SMILES string of the molecule is C#C/C=C(\C=C/C)Sc1ccc2c(c1)CCCC2CNc1cnccc1C(=O)O. The highest BCUT2D eigenvalue weighted by atomic mass is 32.2. The van der Waals surface area contributed by atoms with Crippen LogP contribution in [-0.4, -0.2) is 22.6 Å². The molecule has 0 aliphatic heterocycles. The number of pyridine rings is 1. The minimum absolute atomic E-state index is 0.250. The summed E-state index contributed by atoms with van der Waals surface area (Å²) < 4.78 is 0. The Morgan fingerprint density at radius 1 is 1.45 bits per heavy atom. The van der Waals surface area contributed by atoms with E-state index in [1.54, 1.807) is 24.0 Å². The highest BCUT2D eigenvalue weighted by molar-refractivity contribution is 8.03. The largest absolute Gasteiger partial charge is 0.478 e. The molecular formula is C24H24N2O2S. The molecule has 2 aromatic rings. The second kappa shape index (κ2) is 9.99. The molecule has 1 heterocycles. The highest BCUT2D eigenvalue weighted by Gasteiger charge is 2.21. The molecule has 1 aliphatic carbocycles. The molecule has 1 aliphatic rings. The van der Waals surface area contributed by atoms with E-state index < -0.39 is 5.97 Å². The summed E-state index contributed by atoms with van der Waals surface area (Å²) in [6.45, 7) is 2.67. The van der Waals surface area contributed by atoms with Crippen molar-refractivity contribution in [2.24, 2.45) is 0 Å². The van der Waals surface area contributed by atoms with E-state index in [2.05, 4.69) is 34.4 Å². The number of fused-ring (bicyclic) bond motifs is 1. The monoisotopic (exact) mass is 404 g/mol. The van der Waals surface area contributed by atoms with E-state index in [0.29, 0.717) is 18.2 Å². The van der Waals surface area contributed by atoms with Crippen molar-refractivity contribution in [2.45, 2.75) is 37.0 Å². The molecule has 0 saturated carbocycles. The van der Waals surface area contributed by atoms with Crippen LogP contribution in [0.15, 0.2) is 64.7 Å². The van der Waals surface area contributed by atoms with Gasteiger partial charge in [0.25, 0.3) is 0 Å². The average molecular weight is 405 g/mol. The molecule has 29 heavy (non-hydrogen) atoms. The van der Waals surface area contributed by atoms with E-state index >= 15 is 0 Å². The maximum absolute atomic E-state index is 11.4. The third-order valence-electron chi connectivity index (χ3n) is 4.94. The summed E-state index contributed by atoms with van der Waals surface area (Å²) >= 11 is 1.67. The molecule has 1 atom stereocenters. The lowest BCUT2D eigenvalue weighted by Crippen LogP contribution is -2.19. The third-order valence-corrected chi connectivity index (χ3v) is 5.91. The molecule has 2 N–H and O–H groups in total. The van der Waals surface area contributed by atoms with Gasteiger partial charge < -0.3 is 10.4 Å². The number of nitrogens with zero attached hydrogens (tertiary/aromatic N) is 1. The Balaban J connectivity index is 1.75. The highest BCUT2D eigenvalue weighted by Crippen LogP contribution is 2.36. The number of allylic oxidation sites excluding steroid dienone is 3. The number of nitrogens with one attached hydrogen (secondary N) is 1. The van der Waals surface area contributed by atoms with Gasteiger partial charge in [-0.2, -0.15) is 0 Å². The maximum atomic E-state index is 11.4. The van der Waals surface area contributed by atoms with E-state index in [0.717, 1.165) is 24.2 Å². The maximum Gasteiger partial charge on any atom is 0.337 e.